The monoisotopic (exact) mass is 286 g/mol. The van der Waals surface area contributed by atoms with Gasteiger partial charge in [-0.25, -0.2) is 4.39 Å². The van der Waals surface area contributed by atoms with Crippen LogP contribution in [0, 0.1) is 21.7 Å². The zero-order chi connectivity index (χ0) is 14.7. The van der Waals surface area contributed by atoms with Gasteiger partial charge in [0.05, 0.1) is 17.6 Å². The second kappa shape index (κ2) is 5.91. The fourth-order valence-electron chi connectivity index (χ4n) is 2.00. The van der Waals surface area contributed by atoms with E-state index in [4.69, 9.17) is 4.74 Å². The van der Waals surface area contributed by atoms with Crippen LogP contribution in [0.2, 0.25) is 0 Å². The molecule has 1 fully saturated rings. The molecule has 1 unspecified atom stereocenters. The van der Waals surface area contributed by atoms with Crippen LogP contribution in [0.25, 0.3) is 0 Å². The van der Waals surface area contributed by atoms with E-state index in [2.05, 4.69) is 5.32 Å². The Morgan fingerprint density at radius 2 is 2.20 bits per heavy atom. The molecule has 0 bridgehead atoms. The van der Waals surface area contributed by atoms with Gasteiger partial charge >= 0.3 is 5.69 Å². The second-order valence-corrected chi connectivity index (χ2v) is 4.40. The Kier molecular flexibility index (Phi) is 4.23. The molecular formula is C12H12F2N2O4. The number of nitrogens with zero attached hydrogens (tertiary/aromatic N) is 1. The molecule has 1 aliphatic rings. The summed E-state index contributed by atoms with van der Waals surface area (Å²) in [6.07, 6.45) is 1.36. The minimum absolute atomic E-state index is 0.254. The number of rotatable bonds is 3. The largest absolute Gasteiger partial charge is 0.379 e. The van der Waals surface area contributed by atoms with Gasteiger partial charge in [-0.05, 0) is 18.9 Å². The van der Waals surface area contributed by atoms with Gasteiger partial charge in [-0.2, -0.15) is 4.39 Å². The number of amides is 1. The van der Waals surface area contributed by atoms with Crippen molar-refractivity contribution in [1.82, 2.24) is 5.32 Å². The molecule has 1 saturated heterocycles. The number of nitro benzene ring substituents is 1. The van der Waals surface area contributed by atoms with Gasteiger partial charge in [0.15, 0.2) is 0 Å². The third kappa shape index (κ3) is 2.90. The summed E-state index contributed by atoms with van der Waals surface area (Å²) >= 11 is 0. The summed E-state index contributed by atoms with van der Waals surface area (Å²) in [5, 5.41) is 13.0. The number of nitro groups is 1. The third-order valence-corrected chi connectivity index (χ3v) is 2.99. The predicted octanol–water partition coefficient (Wildman–Crippen LogP) is 1.78. The van der Waals surface area contributed by atoms with Gasteiger partial charge in [-0.15, -0.1) is 0 Å². The highest BCUT2D eigenvalue weighted by Crippen LogP contribution is 2.23. The Morgan fingerprint density at radius 3 is 2.80 bits per heavy atom. The Labute approximate surface area is 112 Å². The maximum Gasteiger partial charge on any atom is 0.305 e. The van der Waals surface area contributed by atoms with Gasteiger partial charge in [0.25, 0.3) is 5.91 Å². The van der Waals surface area contributed by atoms with Crippen LogP contribution < -0.4 is 5.32 Å². The van der Waals surface area contributed by atoms with E-state index in [0.717, 1.165) is 6.42 Å². The van der Waals surface area contributed by atoms with E-state index in [1.807, 2.05) is 0 Å². The fraction of sp³-hybridized carbons (Fsp3) is 0.417. The summed E-state index contributed by atoms with van der Waals surface area (Å²) in [4.78, 5) is 21.4. The van der Waals surface area contributed by atoms with Crippen molar-refractivity contribution in [2.75, 3.05) is 13.2 Å². The smallest absolute Gasteiger partial charge is 0.305 e. The Morgan fingerprint density at radius 1 is 1.45 bits per heavy atom. The van der Waals surface area contributed by atoms with Crippen molar-refractivity contribution in [2.24, 2.45) is 0 Å². The fourth-order valence-corrected chi connectivity index (χ4v) is 2.00. The molecular weight excluding hydrogens is 274 g/mol. The molecule has 0 saturated carbocycles. The SMILES string of the molecule is O=C(NC1CCCOC1)c1c(F)ccc([N+](=O)[O-])c1F. The van der Waals surface area contributed by atoms with Crippen molar-refractivity contribution in [3.63, 3.8) is 0 Å². The van der Waals surface area contributed by atoms with E-state index >= 15 is 0 Å². The zero-order valence-corrected chi connectivity index (χ0v) is 10.4. The van der Waals surface area contributed by atoms with Crippen LogP contribution in [0.15, 0.2) is 12.1 Å². The number of hydrogen-bond donors (Lipinski definition) is 1. The van der Waals surface area contributed by atoms with Crippen molar-refractivity contribution >= 4 is 11.6 Å². The maximum atomic E-state index is 13.8. The lowest BCUT2D eigenvalue weighted by Gasteiger charge is -2.23. The number of carbonyl (C=O) groups excluding carboxylic acids is 1. The molecule has 0 aromatic heterocycles. The average Bonchev–Trinajstić information content (AvgIpc) is 2.39. The Balaban J connectivity index is 2.24. The minimum Gasteiger partial charge on any atom is -0.379 e. The quantitative estimate of drug-likeness (QED) is 0.678. The third-order valence-electron chi connectivity index (χ3n) is 2.99. The molecule has 108 valence electrons. The first kappa shape index (κ1) is 14.3. The summed E-state index contributed by atoms with van der Waals surface area (Å²) in [5.74, 6) is -3.62. The summed E-state index contributed by atoms with van der Waals surface area (Å²) in [7, 11) is 0. The van der Waals surface area contributed by atoms with E-state index in [0.29, 0.717) is 25.2 Å². The van der Waals surface area contributed by atoms with Crippen LogP contribution in [0.3, 0.4) is 0 Å². The summed E-state index contributed by atoms with van der Waals surface area (Å²) in [6.45, 7) is 0.829. The van der Waals surface area contributed by atoms with E-state index in [1.54, 1.807) is 0 Å². The molecule has 2 rings (SSSR count). The molecule has 20 heavy (non-hydrogen) atoms. The number of ether oxygens (including phenoxy) is 1. The molecule has 0 spiro atoms. The number of hydrogen-bond acceptors (Lipinski definition) is 4. The molecule has 1 atom stereocenters. The normalized spacial score (nSPS) is 18.6. The number of carbonyl (C=O) groups is 1. The van der Waals surface area contributed by atoms with Gasteiger partial charge in [0, 0.05) is 12.7 Å². The Hall–Kier alpha value is -2.09. The summed E-state index contributed by atoms with van der Waals surface area (Å²) in [6, 6.07) is 1.04. The highest BCUT2D eigenvalue weighted by molar-refractivity contribution is 5.95. The standard InChI is InChI=1S/C12H12F2N2O4/c13-8-3-4-9(16(18)19)11(14)10(8)12(17)15-7-2-1-5-20-6-7/h3-4,7H,1-2,5-6H2,(H,15,17). The topological polar surface area (TPSA) is 81.5 Å². The lowest BCUT2D eigenvalue weighted by Crippen LogP contribution is -2.41. The van der Waals surface area contributed by atoms with Gasteiger partial charge in [0.1, 0.15) is 11.4 Å². The summed E-state index contributed by atoms with van der Waals surface area (Å²) < 4.78 is 32.5. The molecule has 1 aliphatic heterocycles. The zero-order valence-electron chi connectivity index (χ0n) is 10.4. The first-order valence-corrected chi connectivity index (χ1v) is 6.01. The molecule has 1 N–H and O–H groups in total. The first-order valence-electron chi connectivity index (χ1n) is 6.01. The van der Waals surface area contributed by atoms with Crippen molar-refractivity contribution in [2.45, 2.75) is 18.9 Å². The molecule has 1 heterocycles. The lowest BCUT2D eigenvalue weighted by atomic mass is 10.1. The van der Waals surface area contributed by atoms with E-state index in [1.165, 1.54) is 0 Å². The van der Waals surface area contributed by atoms with E-state index in [-0.39, 0.29) is 12.6 Å². The number of halogens is 2. The first-order chi connectivity index (χ1) is 9.50. The van der Waals surface area contributed by atoms with Crippen molar-refractivity contribution < 1.29 is 23.2 Å². The Bertz CT molecular complexity index is 545. The van der Waals surface area contributed by atoms with Crippen LogP contribution in [0.1, 0.15) is 23.2 Å². The predicted molar refractivity (Wildman–Crippen MR) is 64.3 cm³/mol. The molecule has 1 amide bonds. The molecule has 0 radical (unpaired) electrons. The minimum atomic E-state index is -1.47. The van der Waals surface area contributed by atoms with Crippen LogP contribution in [0.5, 0.6) is 0 Å². The van der Waals surface area contributed by atoms with Crippen LogP contribution >= 0.6 is 0 Å². The lowest BCUT2D eigenvalue weighted by molar-refractivity contribution is -0.387. The molecule has 1 aromatic rings. The highest BCUT2D eigenvalue weighted by Gasteiger charge is 2.27. The number of benzene rings is 1. The van der Waals surface area contributed by atoms with Crippen LogP contribution in [-0.2, 0) is 4.74 Å². The van der Waals surface area contributed by atoms with Gasteiger partial charge < -0.3 is 10.1 Å². The van der Waals surface area contributed by atoms with E-state index < -0.39 is 33.7 Å². The number of nitrogens with one attached hydrogen (secondary N) is 1. The van der Waals surface area contributed by atoms with Gasteiger partial charge in [0.2, 0.25) is 5.82 Å². The molecule has 6 nitrogen and oxygen atoms in total. The maximum absolute atomic E-state index is 13.8. The second-order valence-electron chi connectivity index (χ2n) is 4.40. The molecule has 8 heteroatoms. The van der Waals surface area contributed by atoms with E-state index in [9.17, 15) is 23.7 Å². The van der Waals surface area contributed by atoms with Crippen molar-refractivity contribution in [3.8, 4) is 0 Å². The molecule has 1 aromatic carbocycles. The summed E-state index contributed by atoms with van der Waals surface area (Å²) in [5.41, 5.74) is -1.87. The average molecular weight is 286 g/mol. The van der Waals surface area contributed by atoms with Gasteiger partial charge in [-0.1, -0.05) is 0 Å². The van der Waals surface area contributed by atoms with Crippen molar-refractivity contribution in [1.29, 1.82) is 0 Å². The highest BCUT2D eigenvalue weighted by atomic mass is 19.1. The van der Waals surface area contributed by atoms with Crippen LogP contribution in [0.4, 0.5) is 14.5 Å². The van der Waals surface area contributed by atoms with Crippen molar-refractivity contribution in [3.05, 3.63) is 39.4 Å². The molecule has 0 aliphatic carbocycles. The van der Waals surface area contributed by atoms with Gasteiger partial charge in [-0.3, -0.25) is 14.9 Å². The van der Waals surface area contributed by atoms with Crippen LogP contribution in [-0.4, -0.2) is 30.1 Å².